The molecule has 0 bridgehead atoms. The summed E-state index contributed by atoms with van der Waals surface area (Å²) in [5, 5.41) is 0. The molecule has 2 aromatic heterocycles. The van der Waals surface area contributed by atoms with Crippen molar-refractivity contribution in [2.24, 2.45) is 7.05 Å². The molecule has 0 saturated carbocycles. The molecule has 0 fully saturated rings. The number of nitrogens with zero attached hydrogens (tertiary/aromatic N) is 4. The van der Waals surface area contributed by atoms with Crippen molar-refractivity contribution in [1.29, 1.82) is 0 Å². The predicted molar refractivity (Wildman–Crippen MR) is 62.5 cm³/mol. The van der Waals surface area contributed by atoms with Crippen LogP contribution in [0.3, 0.4) is 0 Å². The van der Waals surface area contributed by atoms with Crippen LogP contribution in [0, 0.1) is 6.92 Å². The summed E-state index contributed by atoms with van der Waals surface area (Å²) in [7, 11) is 1.81. The van der Waals surface area contributed by atoms with E-state index in [4.69, 9.17) is 0 Å². The van der Waals surface area contributed by atoms with Crippen LogP contribution in [0.1, 0.15) is 26.6 Å². The minimum Gasteiger partial charge on any atom is -0.328 e. The Balaban J connectivity index is 2.96. The third kappa shape index (κ3) is 1.43. The van der Waals surface area contributed by atoms with Crippen LogP contribution < -0.4 is 5.56 Å². The van der Waals surface area contributed by atoms with Crippen molar-refractivity contribution in [2.75, 3.05) is 0 Å². The molecule has 16 heavy (non-hydrogen) atoms. The molecule has 0 radical (unpaired) electrons. The molecule has 5 heteroatoms. The van der Waals surface area contributed by atoms with Crippen LogP contribution in [0.4, 0.5) is 0 Å². The normalized spacial score (nSPS) is 12.3. The molecule has 0 aliphatic rings. The first-order valence-electron chi connectivity index (χ1n) is 5.23. The molecular formula is C11H16N4O. The van der Waals surface area contributed by atoms with Gasteiger partial charge in [-0.25, -0.2) is 9.97 Å². The van der Waals surface area contributed by atoms with Gasteiger partial charge in [-0.3, -0.25) is 9.36 Å². The van der Waals surface area contributed by atoms with E-state index in [9.17, 15) is 4.79 Å². The van der Waals surface area contributed by atoms with E-state index in [0.717, 1.165) is 0 Å². The van der Waals surface area contributed by atoms with E-state index < -0.39 is 0 Å². The zero-order valence-corrected chi connectivity index (χ0v) is 10.3. The summed E-state index contributed by atoms with van der Waals surface area (Å²) in [6.07, 6.45) is 1.62. The molecule has 0 N–H and O–H groups in total. The van der Waals surface area contributed by atoms with Crippen LogP contribution in [0.2, 0.25) is 0 Å². The van der Waals surface area contributed by atoms with Gasteiger partial charge in [0.2, 0.25) is 0 Å². The van der Waals surface area contributed by atoms with Crippen molar-refractivity contribution < 1.29 is 0 Å². The highest BCUT2D eigenvalue weighted by Gasteiger charge is 2.21. The molecule has 0 aliphatic heterocycles. The van der Waals surface area contributed by atoms with Gasteiger partial charge >= 0.3 is 0 Å². The second kappa shape index (κ2) is 3.17. The summed E-state index contributed by atoms with van der Waals surface area (Å²) < 4.78 is 3.42. The maximum Gasteiger partial charge on any atom is 0.280 e. The Morgan fingerprint density at radius 3 is 2.50 bits per heavy atom. The molecule has 2 heterocycles. The minimum atomic E-state index is -0.271. The third-order valence-corrected chi connectivity index (χ3v) is 2.59. The first-order chi connectivity index (χ1) is 7.32. The highest BCUT2D eigenvalue weighted by Crippen LogP contribution is 2.15. The van der Waals surface area contributed by atoms with Crippen molar-refractivity contribution in [3.8, 4) is 0 Å². The molecule has 0 amide bonds. The van der Waals surface area contributed by atoms with Gasteiger partial charge in [-0.05, 0) is 27.7 Å². The summed E-state index contributed by atoms with van der Waals surface area (Å²) in [6, 6.07) is 0. The number of rotatable bonds is 0. The van der Waals surface area contributed by atoms with Crippen molar-refractivity contribution in [3.05, 3.63) is 22.5 Å². The summed E-state index contributed by atoms with van der Waals surface area (Å²) >= 11 is 0. The highest BCUT2D eigenvalue weighted by molar-refractivity contribution is 5.69. The van der Waals surface area contributed by atoms with Gasteiger partial charge in [-0.1, -0.05) is 0 Å². The monoisotopic (exact) mass is 220 g/mol. The number of imidazole rings is 1. The van der Waals surface area contributed by atoms with Gasteiger partial charge in [0.1, 0.15) is 5.82 Å². The lowest BCUT2D eigenvalue weighted by atomic mass is 10.1. The SMILES string of the molecule is Cc1nc2ncn(C)c2c(=O)n1C(C)(C)C. The average molecular weight is 220 g/mol. The zero-order valence-electron chi connectivity index (χ0n) is 10.3. The number of hydrogen-bond acceptors (Lipinski definition) is 3. The lowest BCUT2D eigenvalue weighted by Gasteiger charge is -2.24. The number of aromatic nitrogens is 4. The lowest BCUT2D eigenvalue weighted by molar-refractivity contribution is 0.372. The van der Waals surface area contributed by atoms with E-state index in [0.29, 0.717) is 17.0 Å². The van der Waals surface area contributed by atoms with E-state index in [1.807, 2.05) is 27.7 Å². The van der Waals surface area contributed by atoms with Crippen LogP contribution in [0.15, 0.2) is 11.1 Å². The molecule has 0 spiro atoms. The minimum absolute atomic E-state index is 0.0324. The maximum atomic E-state index is 12.3. The summed E-state index contributed by atoms with van der Waals surface area (Å²) in [5.74, 6) is 0.698. The molecule has 0 aliphatic carbocycles. The summed E-state index contributed by atoms with van der Waals surface area (Å²) in [6.45, 7) is 7.81. The zero-order chi connectivity index (χ0) is 12.1. The van der Waals surface area contributed by atoms with Gasteiger partial charge < -0.3 is 4.57 Å². The van der Waals surface area contributed by atoms with Crippen LogP contribution in [-0.2, 0) is 12.6 Å². The molecule has 5 nitrogen and oxygen atoms in total. The topological polar surface area (TPSA) is 52.7 Å². The first-order valence-corrected chi connectivity index (χ1v) is 5.23. The Morgan fingerprint density at radius 1 is 1.31 bits per heavy atom. The van der Waals surface area contributed by atoms with Gasteiger partial charge in [-0.2, -0.15) is 0 Å². The van der Waals surface area contributed by atoms with Gasteiger partial charge in [0.15, 0.2) is 11.2 Å². The van der Waals surface area contributed by atoms with Crippen molar-refractivity contribution in [2.45, 2.75) is 33.2 Å². The van der Waals surface area contributed by atoms with Crippen molar-refractivity contribution in [1.82, 2.24) is 19.1 Å². The lowest BCUT2D eigenvalue weighted by Crippen LogP contribution is -2.36. The summed E-state index contributed by atoms with van der Waals surface area (Å²) in [5.41, 5.74) is 0.771. The smallest absolute Gasteiger partial charge is 0.280 e. The highest BCUT2D eigenvalue weighted by atomic mass is 16.1. The van der Waals surface area contributed by atoms with Crippen LogP contribution in [0.25, 0.3) is 11.2 Å². The average Bonchev–Trinajstić information content (AvgIpc) is 2.44. The molecular weight excluding hydrogens is 204 g/mol. The first kappa shape index (κ1) is 10.9. The Bertz CT molecular complexity index is 601. The third-order valence-electron chi connectivity index (χ3n) is 2.59. The quantitative estimate of drug-likeness (QED) is 0.670. The maximum absolute atomic E-state index is 12.3. The largest absolute Gasteiger partial charge is 0.328 e. The fourth-order valence-electron chi connectivity index (χ4n) is 1.99. The second-order valence-corrected chi connectivity index (χ2v) is 5.00. The Kier molecular flexibility index (Phi) is 2.15. The Morgan fingerprint density at radius 2 is 1.94 bits per heavy atom. The van der Waals surface area contributed by atoms with Crippen molar-refractivity contribution >= 4 is 11.2 Å². The second-order valence-electron chi connectivity index (χ2n) is 5.00. The molecule has 0 aromatic carbocycles. The van der Waals surface area contributed by atoms with Crippen LogP contribution >= 0.6 is 0 Å². The fraction of sp³-hybridized carbons (Fsp3) is 0.545. The van der Waals surface area contributed by atoms with E-state index in [1.54, 1.807) is 22.5 Å². The van der Waals surface area contributed by atoms with Gasteiger partial charge in [0, 0.05) is 12.6 Å². The molecule has 86 valence electrons. The van der Waals surface area contributed by atoms with E-state index in [2.05, 4.69) is 9.97 Å². The number of aryl methyl sites for hydroxylation is 2. The molecule has 0 atom stereocenters. The Hall–Kier alpha value is -1.65. The molecule has 0 unspecified atom stereocenters. The van der Waals surface area contributed by atoms with Crippen LogP contribution in [0.5, 0.6) is 0 Å². The number of hydrogen-bond donors (Lipinski definition) is 0. The van der Waals surface area contributed by atoms with E-state index >= 15 is 0 Å². The van der Waals surface area contributed by atoms with Gasteiger partial charge in [0.25, 0.3) is 5.56 Å². The Labute approximate surface area is 93.8 Å². The van der Waals surface area contributed by atoms with E-state index in [-0.39, 0.29) is 11.1 Å². The molecule has 0 saturated heterocycles. The van der Waals surface area contributed by atoms with Gasteiger partial charge in [-0.15, -0.1) is 0 Å². The predicted octanol–water partition coefficient (Wildman–Crippen LogP) is 1.19. The fourth-order valence-corrected chi connectivity index (χ4v) is 1.99. The molecule has 2 aromatic rings. The van der Waals surface area contributed by atoms with Crippen LogP contribution in [-0.4, -0.2) is 19.1 Å². The standard InChI is InChI=1S/C11H16N4O/c1-7-13-9-8(14(5)6-12-9)10(16)15(7)11(2,3)4/h6H,1-5H3. The van der Waals surface area contributed by atoms with Gasteiger partial charge in [0.05, 0.1) is 6.33 Å². The molecule has 2 rings (SSSR count). The van der Waals surface area contributed by atoms with Crippen molar-refractivity contribution in [3.63, 3.8) is 0 Å². The number of fused-ring (bicyclic) bond motifs is 1. The van der Waals surface area contributed by atoms with E-state index in [1.165, 1.54) is 0 Å². The summed E-state index contributed by atoms with van der Waals surface area (Å²) in [4.78, 5) is 20.8.